The number of nitrogens with two attached hydrogens (primary N) is 1. The fourth-order valence-corrected chi connectivity index (χ4v) is 2.00. The SMILES string of the molecule is CCCCCOc1cc(OC)c(N)cc1OCC(=O)OC(C)(C)C. The summed E-state index contributed by atoms with van der Waals surface area (Å²) in [5, 5.41) is 0. The van der Waals surface area contributed by atoms with Crippen LogP contribution in [0.25, 0.3) is 0 Å². The quantitative estimate of drug-likeness (QED) is 0.421. The van der Waals surface area contributed by atoms with Crippen molar-refractivity contribution < 1.29 is 23.7 Å². The number of hydrogen-bond acceptors (Lipinski definition) is 6. The lowest BCUT2D eigenvalue weighted by Crippen LogP contribution is -2.27. The molecule has 1 aromatic rings. The van der Waals surface area contributed by atoms with Gasteiger partial charge in [0.1, 0.15) is 11.4 Å². The first-order valence-electron chi connectivity index (χ1n) is 8.21. The van der Waals surface area contributed by atoms with Crippen molar-refractivity contribution >= 4 is 11.7 Å². The number of nitrogen functional groups attached to an aromatic ring is 1. The number of carbonyl (C=O) groups is 1. The molecule has 1 rings (SSSR count). The minimum atomic E-state index is -0.557. The molecule has 136 valence electrons. The summed E-state index contributed by atoms with van der Waals surface area (Å²) in [6.45, 7) is 7.88. The van der Waals surface area contributed by atoms with E-state index in [-0.39, 0.29) is 6.61 Å². The van der Waals surface area contributed by atoms with Gasteiger partial charge in [-0.25, -0.2) is 4.79 Å². The van der Waals surface area contributed by atoms with Gasteiger partial charge >= 0.3 is 5.97 Å². The molecule has 6 nitrogen and oxygen atoms in total. The van der Waals surface area contributed by atoms with Crippen molar-refractivity contribution in [1.82, 2.24) is 0 Å². The van der Waals surface area contributed by atoms with Gasteiger partial charge in [-0.1, -0.05) is 19.8 Å². The highest BCUT2D eigenvalue weighted by Gasteiger charge is 2.18. The Hall–Kier alpha value is -2.11. The van der Waals surface area contributed by atoms with Crippen LogP contribution in [0.1, 0.15) is 47.0 Å². The number of esters is 1. The van der Waals surface area contributed by atoms with E-state index in [1.165, 1.54) is 7.11 Å². The summed E-state index contributed by atoms with van der Waals surface area (Å²) in [5.41, 5.74) is 5.77. The van der Waals surface area contributed by atoms with Crippen molar-refractivity contribution in [3.05, 3.63) is 12.1 Å². The van der Waals surface area contributed by atoms with Crippen LogP contribution >= 0.6 is 0 Å². The molecule has 0 spiro atoms. The van der Waals surface area contributed by atoms with E-state index >= 15 is 0 Å². The minimum Gasteiger partial charge on any atom is -0.494 e. The van der Waals surface area contributed by atoms with Crippen molar-refractivity contribution in [2.75, 3.05) is 26.1 Å². The van der Waals surface area contributed by atoms with E-state index in [1.807, 2.05) is 0 Å². The fourth-order valence-electron chi connectivity index (χ4n) is 2.00. The minimum absolute atomic E-state index is 0.214. The average Bonchev–Trinajstić information content (AvgIpc) is 2.49. The molecule has 0 aromatic heterocycles. The third kappa shape index (κ3) is 6.98. The molecule has 6 heteroatoms. The lowest BCUT2D eigenvalue weighted by molar-refractivity contribution is -0.157. The first-order chi connectivity index (χ1) is 11.3. The molecule has 0 aliphatic carbocycles. The highest BCUT2D eigenvalue weighted by molar-refractivity contribution is 5.72. The maximum absolute atomic E-state index is 11.8. The number of carbonyl (C=O) groups excluding carboxylic acids is 1. The van der Waals surface area contributed by atoms with Crippen LogP contribution in [0.15, 0.2) is 12.1 Å². The molecule has 1 aromatic carbocycles. The molecule has 0 unspecified atom stereocenters. The first kappa shape index (κ1) is 19.9. The predicted octanol–water partition coefficient (Wildman–Crippen LogP) is 3.57. The molecule has 0 saturated carbocycles. The monoisotopic (exact) mass is 339 g/mol. The zero-order valence-corrected chi connectivity index (χ0v) is 15.3. The van der Waals surface area contributed by atoms with Crippen LogP contribution in [0.4, 0.5) is 5.69 Å². The lowest BCUT2D eigenvalue weighted by Gasteiger charge is -2.20. The Labute approximate surface area is 144 Å². The number of methoxy groups -OCH3 is 1. The first-order valence-corrected chi connectivity index (χ1v) is 8.21. The number of anilines is 1. The Morgan fingerprint density at radius 1 is 1.08 bits per heavy atom. The topological polar surface area (TPSA) is 80.0 Å². The smallest absolute Gasteiger partial charge is 0.344 e. The van der Waals surface area contributed by atoms with E-state index < -0.39 is 11.6 Å². The van der Waals surface area contributed by atoms with E-state index in [4.69, 9.17) is 24.7 Å². The Morgan fingerprint density at radius 3 is 2.33 bits per heavy atom. The van der Waals surface area contributed by atoms with Gasteiger partial charge in [-0.2, -0.15) is 0 Å². The van der Waals surface area contributed by atoms with Gasteiger partial charge in [-0.05, 0) is 27.2 Å². The highest BCUT2D eigenvalue weighted by atomic mass is 16.6. The molecule has 0 heterocycles. The average molecular weight is 339 g/mol. The van der Waals surface area contributed by atoms with Gasteiger partial charge in [0.15, 0.2) is 18.1 Å². The molecule has 0 saturated heterocycles. The van der Waals surface area contributed by atoms with Crippen molar-refractivity contribution in [2.24, 2.45) is 0 Å². The van der Waals surface area contributed by atoms with Gasteiger partial charge in [0.05, 0.1) is 19.4 Å². The second-order valence-electron chi connectivity index (χ2n) is 6.47. The Balaban J connectivity index is 2.79. The van der Waals surface area contributed by atoms with Crippen LogP contribution in [-0.4, -0.2) is 31.9 Å². The standard InChI is InChI=1S/C18H29NO5/c1-6-7-8-9-22-16-11-14(21-5)13(19)10-15(16)23-12-17(20)24-18(2,3)4/h10-11H,6-9,12,19H2,1-5H3. The predicted molar refractivity (Wildman–Crippen MR) is 93.8 cm³/mol. The van der Waals surface area contributed by atoms with Crippen molar-refractivity contribution in [3.63, 3.8) is 0 Å². The van der Waals surface area contributed by atoms with Crippen molar-refractivity contribution in [1.29, 1.82) is 0 Å². The van der Waals surface area contributed by atoms with Crippen LogP contribution in [0.5, 0.6) is 17.2 Å². The summed E-state index contributed by atoms with van der Waals surface area (Å²) in [7, 11) is 1.54. The normalized spacial score (nSPS) is 11.0. The van der Waals surface area contributed by atoms with Crippen molar-refractivity contribution in [3.8, 4) is 17.2 Å². The third-order valence-electron chi connectivity index (χ3n) is 3.07. The molecule has 0 aliphatic heterocycles. The van der Waals surface area contributed by atoms with Gasteiger partial charge in [0.2, 0.25) is 0 Å². The van der Waals surface area contributed by atoms with Gasteiger partial charge < -0.3 is 24.7 Å². The van der Waals surface area contributed by atoms with Crippen LogP contribution in [0, 0.1) is 0 Å². The Bertz CT molecular complexity index is 537. The molecule has 0 bridgehead atoms. The molecule has 0 amide bonds. The fraction of sp³-hybridized carbons (Fsp3) is 0.611. The summed E-state index contributed by atoms with van der Waals surface area (Å²) in [6.07, 6.45) is 3.13. The van der Waals surface area contributed by atoms with Crippen LogP contribution in [0.2, 0.25) is 0 Å². The van der Waals surface area contributed by atoms with Crippen LogP contribution in [0.3, 0.4) is 0 Å². The number of unbranched alkanes of at least 4 members (excludes halogenated alkanes) is 2. The van der Waals surface area contributed by atoms with Crippen LogP contribution in [-0.2, 0) is 9.53 Å². The Morgan fingerprint density at radius 2 is 1.75 bits per heavy atom. The summed E-state index contributed by atoms with van der Waals surface area (Å²) in [4.78, 5) is 11.8. The number of rotatable bonds is 9. The van der Waals surface area contributed by atoms with Gasteiger partial charge in [-0.3, -0.25) is 0 Å². The Kier molecular flexibility index (Phi) is 7.68. The molecule has 0 aliphatic rings. The third-order valence-corrected chi connectivity index (χ3v) is 3.07. The highest BCUT2D eigenvalue weighted by Crippen LogP contribution is 2.36. The van der Waals surface area contributed by atoms with Gasteiger partial charge in [0.25, 0.3) is 0 Å². The molecule has 24 heavy (non-hydrogen) atoms. The summed E-state index contributed by atoms with van der Waals surface area (Å²) in [5.74, 6) is 0.954. The largest absolute Gasteiger partial charge is 0.494 e. The molecule has 0 radical (unpaired) electrons. The maximum Gasteiger partial charge on any atom is 0.344 e. The molecule has 0 fully saturated rings. The summed E-state index contributed by atoms with van der Waals surface area (Å²) < 4.78 is 21.7. The van der Waals surface area contributed by atoms with Gasteiger partial charge in [-0.15, -0.1) is 0 Å². The molecule has 0 atom stereocenters. The molecular formula is C18H29NO5. The number of benzene rings is 1. The lowest BCUT2D eigenvalue weighted by atomic mass is 10.2. The molecule has 2 N–H and O–H groups in total. The van der Waals surface area contributed by atoms with Crippen LogP contribution < -0.4 is 19.9 Å². The molecular weight excluding hydrogens is 310 g/mol. The van der Waals surface area contributed by atoms with Crippen molar-refractivity contribution in [2.45, 2.75) is 52.6 Å². The van der Waals surface area contributed by atoms with E-state index in [2.05, 4.69) is 6.92 Å². The summed E-state index contributed by atoms with van der Waals surface area (Å²) >= 11 is 0. The zero-order chi connectivity index (χ0) is 18.2. The maximum atomic E-state index is 11.8. The zero-order valence-electron chi connectivity index (χ0n) is 15.3. The van der Waals surface area contributed by atoms with E-state index in [9.17, 15) is 4.79 Å². The number of hydrogen-bond donors (Lipinski definition) is 1. The van der Waals surface area contributed by atoms with E-state index in [0.29, 0.717) is 29.5 Å². The van der Waals surface area contributed by atoms with Gasteiger partial charge in [0, 0.05) is 12.1 Å². The number of ether oxygens (including phenoxy) is 4. The second-order valence-corrected chi connectivity index (χ2v) is 6.47. The van der Waals surface area contributed by atoms with E-state index in [0.717, 1.165) is 19.3 Å². The summed E-state index contributed by atoms with van der Waals surface area (Å²) in [6, 6.07) is 3.27. The second kappa shape index (κ2) is 9.25. The van der Waals surface area contributed by atoms with E-state index in [1.54, 1.807) is 32.9 Å².